The molecule has 0 aromatic heterocycles. The fourth-order valence-electron chi connectivity index (χ4n) is 3.32. The molecule has 6 nitrogen and oxygen atoms in total. The number of benzene rings is 2. The van der Waals surface area contributed by atoms with E-state index >= 15 is 0 Å². The average Bonchev–Trinajstić information content (AvgIpc) is 2.74. The van der Waals surface area contributed by atoms with Gasteiger partial charge in [0.05, 0.1) is 12.5 Å². The van der Waals surface area contributed by atoms with Gasteiger partial charge in [-0.05, 0) is 50.1 Å². The van der Waals surface area contributed by atoms with Crippen molar-refractivity contribution in [2.24, 2.45) is 5.92 Å². The number of rotatable bonds is 5. The first-order valence-electron chi connectivity index (χ1n) is 9.51. The lowest BCUT2D eigenvalue weighted by atomic mass is 9.97. The first-order valence-corrected chi connectivity index (χ1v) is 9.51. The summed E-state index contributed by atoms with van der Waals surface area (Å²) < 4.78 is 5.10. The first kappa shape index (κ1) is 19.6. The van der Waals surface area contributed by atoms with Gasteiger partial charge in [0, 0.05) is 29.9 Å². The van der Waals surface area contributed by atoms with Crippen molar-refractivity contribution < 1.29 is 19.1 Å². The summed E-state index contributed by atoms with van der Waals surface area (Å²) >= 11 is 0. The predicted octanol–water partition coefficient (Wildman–Crippen LogP) is 3.35. The summed E-state index contributed by atoms with van der Waals surface area (Å²) in [5.74, 6) is -0.905. The van der Waals surface area contributed by atoms with Crippen molar-refractivity contribution >= 4 is 23.5 Å². The number of carbonyl (C=O) groups excluding carboxylic acids is 3. The van der Waals surface area contributed by atoms with Gasteiger partial charge in [-0.25, -0.2) is 0 Å². The quantitative estimate of drug-likeness (QED) is 0.807. The highest BCUT2D eigenvalue weighted by atomic mass is 16.5. The molecule has 0 spiro atoms. The Morgan fingerprint density at radius 2 is 1.82 bits per heavy atom. The Morgan fingerprint density at radius 3 is 2.57 bits per heavy atom. The zero-order valence-corrected chi connectivity index (χ0v) is 15.9. The lowest BCUT2D eigenvalue weighted by Crippen LogP contribution is -2.42. The Bertz CT molecular complexity index is 851. The highest BCUT2D eigenvalue weighted by molar-refractivity contribution is 6.05. The monoisotopic (exact) mass is 380 g/mol. The maximum Gasteiger partial charge on any atom is 0.310 e. The van der Waals surface area contributed by atoms with Gasteiger partial charge >= 0.3 is 5.97 Å². The Morgan fingerprint density at radius 1 is 1.07 bits per heavy atom. The van der Waals surface area contributed by atoms with Crippen molar-refractivity contribution in [3.63, 3.8) is 0 Å². The number of carbonyl (C=O) groups is 3. The Kier molecular flexibility index (Phi) is 6.42. The van der Waals surface area contributed by atoms with Gasteiger partial charge in [0.1, 0.15) is 0 Å². The summed E-state index contributed by atoms with van der Waals surface area (Å²) in [6.07, 6.45) is 1.50. The number of amides is 2. The number of esters is 1. The Balaban J connectivity index is 1.68. The molecule has 1 fully saturated rings. The third-order valence-corrected chi connectivity index (χ3v) is 4.73. The topological polar surface area (TPSA) is 75.7 Å². The molecule has 0 saturated carbocycles. The summed E-state index contributed by atoms with van der Waals surface area (Å²) in [6.45, 7) is 3.08. The van der Waals surface area contributed by atoms with Crippen molar-refractivity contribution in [2.75, 3.05) is 25.0 Å². The molecule has 1 saturated heterocycles. The van der Waals surface area contributed by atoms with E-state index in [4.69, 9.17) is 4.74 Å². The normalized spacial score (nSPS) is 16.3. The lowest BCUT2D eigenvalue weighted by Gasteiger charge is -2.31. The lowest BCUT2D eigenvalue weighted by molar-refractivity contribution is -0.149. The molecule has 3 rings (SSSR count). The fourth-order valence-corrected chi connectivity index (χ4v) is 3.32. The molecular weight excluding hydrogens is 356 g/mol. The van der Waals surface area contributed by atoms with E-state index in [0.29, 0.717) is 36.5 Å². The van der Waals surface area contributed by atoms with Crippen LogP contribution in [-0.4, -0.2) is 42.4 Å². The van der Waals surface area contributed by atoms with Gasteiger partial charge in [-0.15, -0.1) is 0 Å². The van der Waals surface area contributed by atoms with Crippen LogP contribution in [0.15, 0.2) is 54.6 Å². The van der Waals surface area contributed by atoms with E-state index in [-0.39, 0.29) is 23.7 Å². The van der Waals surface area contributed by atoms with E-state index in [1.165, 1.54) is 0 Å². The van der Waals surface area contributed by atoms with E-state index in [1.54, 1.807) is 60.4 Å². The molecule has 1 heterocycles. The molecule has 146 valence electrons. The van der Waals surface area contributed by atoms with Crippen LogP contribution in [0.3, 0.4) is 0 Å². The van der Waals surface area contributed by atoms with E-state index in [9.17, 15) is 14.4 Å². The summed E-state index contributed by atoms with van der Waals surface area (Å²) in [5, 5.41) is 2.82. The molecule has 1 aliphatic heterocycles. The van der Waals surface area contributed by atoms with E-state index in [0.717, 1.165) is 12.8 Å². The van der Waals surface area contributed by atoms with Gasteiger partial charge in [0.15, 0.2) is 0 Å². The summed E-state index contributed by atoms with van der Waals surface area (Å²) in [5.41, 5.74) is 1.58. The maximum absolute atomic E-state index is 12.9. The second-order valence-corrected chi connectivity index (χ2v) is 6.74. The molecular formula is C22H24N2O4. The standard InChI is InChI=1S/C22H24N2O4/c1-2-28-22(27)18-11-7-13-24(15-18)21(26)17-10-6-12-19(14-17)23-20(25)16-8-4-3-5-9-16/h3-6,8-10,12,14,18H,2,7,11,13,15H2,1H3,(H,23,25). The van der Waals surface area contributed by atoms with Crippen molar-refractivity contribution in [1.29, 1.82) is 0 Å². The molecule has 0 bridgehead atoms. The number of hydrogen-bond acceptors (Lipinski definition) is 4. The molecule has 6 heteroatoms. The Labute approximate surface area is 164 Å². The first-order chi connectivity index (χ1) is 13.6. The number of piperidine rings is 1. The van der Waals surface area contributed by atoms with E-state index in [1.807, 2.05) is 6.07 Å². The van der Waals surface area contributed by atoms with Crippen LogP contribution in [0.4, 0.5) is 5.69 Å². The summed E-state index contributed by atoms with van der Waals surface area (Å²) in [4.78, 5) is 38.9. The van der Waals surface area contributed by atoms with Crippen molar-refractivity contribution in [1.82, 2.24) is 4.90 Å². The van der Waals surface area contributed by atoms with Gasteiger partial charge in [-0.2, -0.15) is 0 Å². The molecule has 1 aliphatic rings. The fraction of sp³-hybridized carbons (Fsp3) is 0.318. The molecule has 2 aromatic carbocycles. The zero-order valence-electron chi connectivity index (χ0n) is 15.9. The van der Waals surface area contributed by atoms with E-state index in [2.05, 4.69) is 5.32 Å². The largest absolute Gasteiger partial charge is 0.466 e. The van der Waals surface area contributed by atoms with Gasteiger partial charge < -0.3 is 15.0 Å². The molecule has 0 aliphatic carbocycles. The summed E-state index contributed by atoms with van der Waals surface area (Å²) in [7, 11) is 0. The van der Waals surface area contributed by atoms with Crippen LogP contribution >= 0.6 is 0 Å². The highest BCUT2D eigenvalue weighted by Crippen LogP contribution is 2.21. The third-order valence-electron chi connectivity index (χ3n) is 4.73. The number of nitrogens with zero attached hydrogens (tertiary/aromatic N) is 1. The molecule has 28 heavy (non-hydrogen) atoms. The minimum atomic E-state index is -0.279. The second-order valence-electron chi connectivity index (χ2n) is 6.74. The van der Waals surface area contributed by atoms with Crippen LogP contribution in [0.25, 0.3) is 0 Å². The molecule has 1 atom stereocenters. The Hall–Kier alpha value is -3.15. The number of nitrogens with one attached hydrogen (secondary N) is 1. The van der Waals surface area contributed by atoms with Crippen LogP contribution in [0.5, 0.6) is 0 Å². The number of hydrogen-bond donors (Lipinski definition) is 1. The molecule has 1 N–H and O–H groups in total. The van der Waals surface area contributed by atoms with E-state index < -0.39 is 0 Å². The number of anilines is 1. The molecule has 2 aromatic rings. The summed E-state index contributed by atoms with van der Waals surface area (Å²) in [6, 6.07) is 15.8. The van der Waals surface area contributed by atoms with Crippen LogP contribution < -0.4 is 5.32 Å². The van der Waals surface area contributed by atoms with Crippen LogP contribution in [0.1, 0.15) is 40.5 Å². The van der Waals surface area contributed by atoms with Crippen molar-refractivity contribution in [3.8, 4) is 0 Å². The van der Waals surface area contributed by atoms with Gasteiger partial charge in [0.25, 0.3) is 11.8 Å². The second kappa shape index (κ2) is 9.17. The van der Waals surface area contributed by atoms with Crippen LogP contribution in [-0.2, 0) is 9.53 Å². The van der Waals surface area contributed by atoms with Crippen LogP contribution in [0.2, 0.25) is 0 Å². The predicted molar refractivity (Wildman–Crippen MR) is 106 cm³/mol. The maximum atomic E-state index is 12.9. The smallest absolute Gasteiger partial charge is 0.310 e. The molecule has 2 amide bonds. The highest BCUT2D eigenvalue weighted by Gasteiger charge is 2.29. The van der Waals surface area contributed by atoms with Crippen molar-refractivity contribution in [3.05, 3.63) is 65.7 Å². The minimum absolute atomic E-state index is 0.148. The van der Waals surface area contributed by atoms with Gasteiger partial charge in [-0.3, -0.25) is 14.4 Å². The van der Waals surface area contributed by atoms with Crippen molar-refractivity contribution in [2.45, 2.75) is 19.8 Å². The van der Waals surface area contributed by atoms with Crippen LogP contribution in [0, 0.1) is 5.92 Å². The number of likely N-dealkylation sites (tertiary alicyclic amines) is 1. The zero-order chi connectivity index (χ0) is 19.9. The molecule has 1 unspecified atom stereocenters. The number of ether oxygens (including phenoxy) is 1. The SMILES string of the molecule is CCOC(=O)C1CCCN(C(=O)c2cccc(NC(=O)c3ccccc3)c2)C1. The third kappa shape index (κ3) is 4.76. The van der Waals surface area contributed by atoms with Gasteiger partial charge in [-0.1, -0.05) is 24.3 Å². The average molecular weight is 380 g/mol. The molecule has 0 radical (unpaired) electrons. The minimum Gasteiger partial charge on any atom is -0.466 e. The van der Waals surface area contributed by atoms with Gasteiger partial charge in [0.2, 0.25) is 0 Å².